The van der Waals surface area contributed by atoms with Crippen LogP contribution >= 0.6 is 0 Å². The average Bonchev–Trinajstić information content (AvgIpc) is 2.95. The first-order valence-electron chi connectivity index (χ1n) is 9.66. The van der Waals surface area contributed by atoms with Crippen molar-refractivity contribution in [3.05, 3.63) is 20.8 Å². The lowest BCUT2D eigenvalue weighted by atomic mass is 10.2. The maximum Gasteiger partial charge on any atom is 0.332 e. The number of rotatable bonds is 11. The predicted octanol–water partition coefficient (Wildman–Crippen LogP) is 0.526. The number of nitrogens with zero attached hydrogens (tertiary/aromatic N) is 4. The largest absolute Gasteiger partial charge is 0.393 e. The van der Waals surface area contributed by atoms with Crippen molar-refractivity contribution in [1.82, 2.24) is 18.7 Å². The van der Waals surface area contributed by atoms with Gasteiger partial charge in [0.25, 0.3) is 5.56 Å². The van der Waals surface area contributed by atoms with Crippen molar-refractivity contribution in [2.45, 2.75) is 58.1 Å². The molecule has 152 valence electrons. The van der Waals surface area contributed by atoms with Gasteiger partial charge in [-0.3, -0.25) is 13.9 Å². The summed E-state index contributed by atoms with van der Waals surface area (Å²) in [5, 5.41) is 12.6. The zero-order valence-corrected chi connectivity index (χ0v) is 16.6. The van der Waals surface area contributed by atoms with Crippen molar-refractivity contribution in [1.29, 1.82) is 0 Å². The Labute approximate surface area is 158 Å². The van der Waals surface area contributed by atoms with Crippen LogP contribution in [0, 0.1) is 0 Å². The van der Waals surface area contributed by atoms with Crippen LogP contribution in [0.3, 0.4) is 0 Å². The SMILES string of the molecule is CC(O)CCCCn1c(=O)c2c(nc(NCCCCCN)n2C)n(C)c1=O. The molecule has 0 aliphatic rings. The summed E-state index contributed by atoms with van der Waals surface area (Å²) in [6.45, 7) is 3.49. The minimum atomic E-state index is -0.373. The first-order valence-corrected chi connectivity index (χ1v) is 9.66. The summed E-state index contributed by atoms with van der Waals surface area (Å²) in [5.74, 6) is 0.580. The van der Waals surface area contributed by atoms with Crippen LogP contribution in [-0.4, -0.2) is 43.0 Å². The number of imidazole rings is 1. The number of aliphatic hydroxyl groups excluding tert-OH is 1. The van der Waals surface area contributed by atoms with Gasteiger partial charge in [-0.15, -0.1) is 0 Å². The van der Waals surface area contributed by atoms with Crippen LogP contribution in [0.2, 0.25) is 0 Å². The molecule has 0 spiro atoms. The van der Waals surface area contributed by atoms with E-state index < -0.39 is 0 Å². The monoisotopic (exact) mass is 380 g/mol. The van der Waals surface area contributed by atoms with Gasteiger partial charge >= 0.3 is 5.69 Å². The van der Waals surface area contributed by atoms with E-state index >= 15 is 0 Å². The minimum absolute atomic E-state index is 0.323. The molecule has 1 unspecified atom stereocenters. The Hall–Kier alpha value is -2.13. The van der Waals surface area contributed by atoms with E-state index in [4.69, 9.17) is 5.73 Å². The fourth-order valence-electron chi connectivity index (χ4n) is 3.15. The molecule has 2 rings (SSSR count). The normalized spacial score (nSPS) is 12.6. The first-order chi connectivity index (χ1) is 12.9. The van der Waals surface area contributed by atoms with Crippen LogP contribution in [-0.2, 0) is 20.6 Å². The smallest absolute Gasteiger partial charge is 0.332 e. The fraction of sp³-hybridized carbons (Fsp3) is 0.722. The second-order valence-electron chi connectivity index (χ2n) is 7.09. The van der Waals surface area contributed by atoms with Crippen molar-refractivity contribution in [3.63, 3.8) is 0 Å². The van der Waals surface area contributed by atoms with Gasteiger partial charge < -0.3 is 20.7 Å². The molecule has 9 nitrogen and oxygen atoms in total. The molecule has 0 bridgehead atoms. The van der Waals surface area contributed by atoms with Gasteiger partial charge in [0.15, 0.2) is 11.2 Å². The minimum Gasteiger partial charge on any atom is -0.393 e. The van der Waals surface area contributed by atoms with Crippen molar-refractivity contribution < 1.29 is 5.11 Å². The van der Waals surface area contributed by atoms with E-state index in [9.17, 15) is 14.7 Å². The number of hydrogen-bond donors (Lipinski definition) is 3. The number of aryl methyl sites for hydroxylation is 2. The Morgan fingerprint density at radius 1 is 1.11 bits per heavy atom. The lowest BCUT2D eigenvalue weighted by Crippen LogP contribution is -2.39. The highest BCUT2D eigenvalue weighted by atomic mass is 16.3. The number of nitrogens with two attached hydrogens (primary N) is 1. The molecule has 1 atom stereocenters. The second-order valence-corrected chi connectivity index (χ2v) is 7.09. The molecular formula is C18H32N6O3. The zero-order valence-electron chi connectivity index (χ0n) is 16.6. The molecule has 9 heteroatoms. The highest BCUT2D eigenvalue weighted by Gasteiger charge is 2.18. The van der Waals surface area contributed by atoms with Crippen molar-refractivity contribution >= 4 is 17.1 Å². The lowest BCUT2D eigenvalue weighted by molar-refractivity contribution is 0.180. The maximum atomic E-state index is 12.9. The molecule has 4 N–H and O–H groups in total. The van der Waals surface area contributed by atoms with Gasteiger partial charge in [0, 0.05) is 27.2 Å². The van der Waals surface area contributed by atoms with Gasteiger partial charge in [-0.25, -0.2) is 4.79 Å². The Morgan fingerprint density at radius 3 is 2.52 bits per heavy atom. The summed E-state index contributed by atoms with van der Waals surface area (Å²) in [4.78, 5) is 29.9. The van der Waals surface area contributed by atoms with E-state index in [1.807, 2.05) is 0 Å². The van der Waals surface area contributed by atoms with Crippen LogP contribution in [0.25, 0.3) is 11.2 Å². The highest BCUT2D eigenvalue weighted by Crippen LogP contribution is 2.13. The van der Waals surface area contributed by atoms with Crippen molar-refractivity contribution in [2.24, 2.45) is 19.8 Å². The molecule has 0 radical (unpaired) electrons. The zero-order chi connectivity index (χ0) is 20.0. The number of unbranched alkanes of at least 4 members (excludes halogenated alkanes) is 3. The molecule has 2 aromatic rings. The first kappa shape index (κ1) is 21.2. The maximum absolute atomic E-state index is 12.9. The predicted molar refractivity (Wildman–Crippen MR) is 107 cm³/mol. The molecule has 0 saturated carbocycles. The van der Waals surface area contributed by atoms with Crippen LogP contribution in [0.1, 0.15) is 45.4 Å². The molecule has 0 saturated heterocycles. The third kappa shape index (κ3) is 4.98. The molecule has 2 aromatic heterocycles. The van der Waals surface area contributed by atoms with Crippen LogP contribution in [0.4, 0.5) is 5.95 Å². The Morgan fingerprint density at radius 2 is 1.85 bits per heavy atom. The van der Waals surface area contributed by atoms with E-state index in [0.29, 0.717) is 43.0 Å². The van der Waals surface area contributed by atoms with E-state index in [-0.39, 0.29) is 17.4 Å². The number of nitrogens with one attached hydrogen (secondary N) is 1. The lowest BCUT2D eigenvalue weighted by Gasteiger charge is -2.09. The molecule has 0 aliphatic carbocycles. The van der Waals surface area contributed by atoms with Crippen LogP contribution < -0.4 is 22.3 Å². The topological polar surface area (TPSA) is 120 Å². The number of aliphatic hydroxyl groups is 1. The van der Waals surface area contributed by atoms with Crippen LogP contribution in [0.5, 0.6) is 0 Å². The van der Waals surface area contributed by atoms with E-state index in [0.717, 1.165) is 32.2 Å². The van der Waals surface area contributed by atoms with Gasteiger partial charge in [0.2, 0.25) is 5.95 Å². The summed E-state index contributed by atoms with van der Waals surface area (Å²) in [7, 11) is 3.41. The van der Waals surface area contributed by atoms with E-state index in [1.165, 1.54) is 9.13 Å². The van der Waals surface area contributed by atoms with Gasteiger partial charge in [-0.2, -0.15) is 4.98 Å². The Bertz CT molecular complexity index is 865. The number of anilines is 1. The second kappa shape index (κ2) is 9.70. The number of aromatic nitrogens is 4. The van der Waals surface area contributed by atoms with Gasteiger partial charge in [0.05, 0.1) is 6.10 Å². The number of hydrogen-bond acceptors (Lipinski definition) is 6. The molecule has 0 amide bonds. The van der Waals surface area contributed by atoms with Gasteiger partial charge in [-0.05, 0) is 45.6 Å². The van der Waals surface area contributed by atoms with Crippen LogP contribution in [0.15, 0.2) is 9.59 Å². The quantitative estimate of drug-likeness (QED) is 0.489. The highest BCUT2D eigenvalue weighted by molar-refractivity contribution is 5.74. The van der Waals surface area contributed by atoms with Gasteiger partial charge in [-0.1, -0.05) is 6.42 Å². The number of fused-ring (bicyclic) bond motifs is 1. The molecular weight excluding hydrogens is 348 g/mol. The summed E-state index contributed by atoms with van der Waals surface area (Å²) < 4.78 is 4.40. The third-order valence-corrected chi connectivity index (χ3v) is 4.78. The summed E-state index contributed by atoms with van der Waals surface area (Å²) in [5.41, 5.74) is 5.61. The van der Waals surface area contributed by atoms with Crippen molar-refractivity contribution in [3.8, 4) is 0 Å². The van der Waals surface area contributed by atoms with Gasteiger partial charge in [0.1, 0.15) is 0 Å². The van der Waals surface area contributed by atoms with E-state index in [2.05, 4.69) is 10.3 Å². The molecule has 0 aliphatic heterocycles. The summed E-state index contributed by atoms with van der Waals surface area (Å²) >= 11 is 0. The average molecular weight is 380 g/mol. The Balaban J connectivity index is 2.24. The van der Waals surface area contributed by atoms with Crippen molar-refractivity contribution in [2.75, 3.05) is 18.4 Å². The molecule has 0 fully saturated rings. The standard InChI is InChI=1S/C18H32N6O3/c1-13(25)9-5-8-12-24-16(26)14-15(23(3)18(24)27)21-17(22(14)2)20-11-7-4-6-10-19/h13,25H,4-12,19H2,1-3H3,(H,20,21). The molecule has 27 heavy (non-hydrogen) atoms. The molecule has 0 aromatic carbocycles. The Kier molecular flexibility index (Phi) is 7.61. The fourth-order valence-corrected chi connectivity index (χ4v) is 3.15. The third-order valence-electron chi connectivity index (χ3n) is 4.78. The summed E-state index contributed by atoms with van der Waals surface area (Å²) in [6, 6.07) is 0. The van der Waals surface area contributed by atoms with E-state index in [1.54, 1.807) is 25.6 Å². The molecule has 2 heterocycles. The summed E-state index contributed by atoms with van der Waals surface area (Å²) in [6.07, 6.45) is 4.68.